The topological polar surface area (TPSA) is 69.4 Å². The number of hydrogen-bond donors (Lipinski definition) is 1. The van der Waals surface area contributed by atoms with Gasteiger partial charge in [-0.05, 0) is 28.8 Å². The number of carbonyl (C=O) groups excluding carboxylic acids is 2. The Morgan fingerprint density at radius 1 is 1.10 bits per heavy atom. The summed E-state index contributed by atoms with van der Waals surface area (Å²) in [6.07, 6.45) is 0. The Morgan fingerprint density at radius 2 is 1.62 bits per heavy atom. The Hall–Kier alpha value is -2.69. The van der Waals surface area contributed by atoms with E-state index < -0.39 is 11.8 Å². The molecule has 1 atom stereocenters. The number of carbonyl (C=O) groups is 1. The van der Waals surface area contributed by atoms with Gasteiger partial charge in [0.15, 0.2) is 0 Å². The number of halogens is 1. The zero-order valence-corrected chi connectivity index (χ0v) is 11.1. The van der Waals surface area contributed by atoms with Gasteiger partial charge in [0, 0.05) is 0 Å². The van der Waals surface area contributed by atoms with Crippen LogP contribution in [0.3, 0.4) is 0 Å². The molecular weight excluding hydrogens is 273 g/mol. The maximum absolute atomic E-state index is 13.0. The highest BCUT2D eigenvalue weighted by atomic mass is 19.1. The van der Waals surface area contributed by atoms with E-state index in [-0.39, 0.29) is 12.4 Å². The molecule has 2 aromatic rings. The number of hydrogen-bond acceptors (Lipinski definition) is 3. The molecule has 2 N–H and O–H groups in total. The monoisotopic (exact) mass is 286 g/mol. The Bertz CT molecular complexity index is 623. The summed E-state index contributed by atoms with van der Waals surface area (Å²) in [5.41, 5.74) is 7.52. The lowest BCUT2D eigenvalue weighted by Gasteiger charge is -2.14. The number of amides is 1. The first-order valence-corrected chi connectivity index (χ1v) is 6.24. The minimum Gasteiger partial charge on any atom is -0.452 e. The van der Waals surface area contributed by atoms with Gasteiger partial charge in [0.1, 0.15) is 12.4 Å². The maximum Gasteiger partial charge on any atom is 0.417 e. The molecule has 0 aliphatic rings. The number of primary amides is 1. The molecule has 0 bridgehead atoms. The second-order valence-electron chi connectivity index (χ2n) is 4.50. The van der Waals surface area contributed by atoms with Gasteiger partial charge in [-0.3, -0.25) is 4.79 Å². The molecular formula is C16H13FNO3. The van der Waals surface area contributed by atoms with Crippen molar-refractivity contribution >= 4 is 12.4 Å². The quantitative estimate of drug-likeness (QED) is 0.883. The first-order chi connectivity index (χ1) is 10.1. The van der Waals surface area contributed by atoms with Crippen molar-refractivity contribution in [3.05, 3.63) is 71.0 Å². The van der Waals surface area contributed by atoms with Gasteiger partial charge in [-0.2, -0.15) is 0 Å². The average molecular weight is 286 g/mol. The molecule has 21 heavy (non-hydrogen) atoms. The fourth-order valence-electron chi connectivity index (χ4n) is 2.10. The molecule has 4 nitrogen and oxygen atoms in total. The lowest BCUT2D eigenvalue weighted by atomic mass is 9.90. The summed E-state index contributed by atoms with van der Waals surface area (Å²) >= 11 is 0. The molecule has 0 saturated heterocycles. The third kappa shape index (κ3) is 3.66. The average Bonchev–Trinajstić information content (AvgIpc) is 2.48. The predicted molar refractivity (Wildman–Crippen MR) is 74.4 cm³/mol. The normalized spacial score (nSPS) is 11.7. The third-order valence-electron chi connectivity index (χ3n) is 3.10. The Balaban J connectivity index is 2.28. The van der Waals surface area contributed by atoms with Crippen LogP contribution >= 0.6 is 0 Å². The molecule has 0 aromatic heterocycles. The lowest BCUT2D eigenvalue weighted by molar-refractivity contribution is -0.118. The third-order valence-corrected chi connectivity index (χ3v) is 3.10. The van der Waals surface area contributed by atoms with Crippen molar-refractivity contribution in [3.8, 4) is 0 Å². The summed E-state index contributed by atoms with van der Waals surface area (Å²) in [7, 11) is 0. The SMILES string of the molecule is NC(=O)C(c1ccc(F)cc1)c1ccc(CO[C]=O)cc1. The van der Waals surface area contributed by atoms with Crippen molar-refractivity contribution in [2.24, 2.45) is 5.73 Å². The summed E-state index contributed by atoms with van der Waals surface area (Å²) in [4.78, 5) is 21.7. The largest absolute Gasteiger partial charge is 0.452 e. The van der Waals surface area contributed by atoms with Crippen LogP contribution in [0.25, 0.3) is 0 Å². The smallest absolute Gasteiger partial charge is 0.417 e. The van der Waals surface area contributed by atoms with E-state index in [1.165, 1.54) is 30.7 Å². The molecule has 0 saturated carbocycles. The number of ether oxygens (including phenoxy) is 1. The molecule has 2 aromatic carbocycles. The van der Waals surface area contributed by atoms with E-state index in [2.05, 4.69) is 4.74 Å². The van der Waals surface area contributed by atoms with E-state index in [0.29, 0.717) is 11.1 Å². The Labute approximate surface area is 121 Å². The second kappa shape index (κ2) is 6.65. The van der Waals surface area contributed by atoms with E-state index in [1.54, 1.807) is 24.3 Å². The minimum atomic E-state index is -0.654. The van der Waals surface area contributed by atoms with Gasteiger partial charge in [-0.1, -0.05) is 36.4 Å². The molecule has 1 radical (unpaired) electrons. The number of rotatable bonds is 6. The van der Waals surface area contributed by atoms with Crippen LogP contribution in [0.5, 0.6) is 0 Å². The van der Waals surface area contributed by atoms with E-state index in [0.717, 1.165) is 5.56 Å². The summed E-state index contributed by atoms with van der Waals surface area (Å²) in [6, 6.07) is 12.5. The summed E-state index contributed by atoms with van der Waals surface area (Å²) in [6.45, 7) is 1.46. The van der Waals surface area contributed by atoms with Crippen LogP contribution in [0.15, 0.2) is 48.5 Å². The van der Waals surface area contributed by atoms with Crippen LogP contribution in [-0.2, 0) is 20.9 Å². The van der Waals surface area contributed by atoms with Gasteiger partial charge < -0.3 is 10.5 Å². The first-order valence-electron chi connectivity index (χ1n) is 6.24. The van der Waals surface area contributed by atoms with Gasteiger partial charge in [0.2, 0.25) is 5.91 Å². The van der Waals surface area contributed by atoms with Crippen LogP contribution in [-0.4, -0.2) is 12.4 Å². The summed E-state index contributed by atoms with van der Waals surface area (Å²) < 4.78 is 17.5. The van der Waals surface area contributed by atoms with E-state index >= 15 is 0 Å². The molecule has 0 aliphatic carbocycles. The van der Waals surface area contributed by atoms with Crippen LogP contribution in [0.2, 0.25) is 0 Å². The highest BCUT2D eigenvalue weighted by Gasteiger charge is 2.20. The van der Waals surface area contributed by atoms with E-state index in [9.17, 15) is 14.0 Å². The highest BCUT2D eigenvalue weighted by Crippen LogP contribution is 2.25. The number of nitrogens with two attached hydrogens (primary N) is 1. The van der Waals surface area contributed by atoms with E-state index in [1.807, 2.05) is 0 Å². The van der Waals surface area contributed by atoms with E-state index in [4.69, 9.17) is 5.73 Å². The van der Waals surface area contributed by atoms with Gasteiger partial charge in [-0.15, -0.1) is 0 Å². The predicted octanol–water partition coefficient (Wildman–Crippen LogP) is 2.03. The fraction of sp³-hybridized carbons (Fsp3) is 0.125. The van der Waals surface area contributed by atoms with Crippen molar-refractivity contribution in [1.82, 2.24) is 0 Å². The van der Waals surface area contributed by atoms with Crippen LogP contribution in [0, 0.1) is 5.82 Å². The van der Waals surface area contributed by atoms with Gasteiger partial charge in [0.05, 0.1) is 5.92 Å². The lowest BCUT2D eigenvalue weighted by Crippen LogP contribution is -2.22. The zero-order chi connectivity index (χ0) is 15.2. The molecule has 1 amide bonds. The van der Waals surface area contributed by atoms with Gasteiger partial charge >= 0.3 is 6.47 Å². The fourth-order valence-corrected chi connectivity index (χ4v) is 2.10. The molecule has 0 fully saturated rings. The van der Waals surface area contributed by atoms with Crippen molar-refractivity contribution < 1.29 is 18.7 Å². The first kappa shape index (κ1) is 14.7. The second-order valence-corrected chi connectivity index (χ2v) is 4.50. The van der Waals surface area contributed by atoms with Crippen molar-refractivity contribution in [2.75, 3.05) is 0 Å². The highest BCUT2D eigenvalue weighted by molar-refractivity contribution is 5.85. The molecule has 0 aliphatic heterocycles. The molecule has 0 spiro atoms. The zero-order valence-electron chi connectivity index (χ0n) is 11.1. The molecule has 107 valence electrons. The molecule has 5 heteroatoms. The van der Waals surface area contributed by atoms with Crippen molar-refractivity contribution in [1.29, 1.82) is 0 Å². The minimum absolute atomic E-state index is 0.113. The van der Waals surface area contributed by atoms with Crippen LogP contribution in [0.1, 0.15) is 22.6 Å². The van der Waals surface area contributed by atoms with Crippen molar-refractivity contribution in [2.45, 2.75) is 12.5 Å². The summed E-state index contributed by atoms with van der Waals surface area (Å²) in [5.74, 6) is -1.55. The summed E-state index contributed by atoms with van der Waals surface area (Å²) in [5, 5.41) is 0. The van der Waals surface area contributed by atoms with Gasteiger partial charge in [-0.25, -0.2) is 9.18 Å². The Morgan fingerprint density at radius 3 is 2.10 bits per heavy atom. The number of benzene rings is 2. The van der Waals surface area contributed by atoms with Crippen LogP contribution in [0.4, 0.5) is 4.39 Å². The van der Waals surface area contributed by atoms with Crippen molar-refractivity contribution in [3.63, 3.8) is 0 Å². The standard InChI is InChI=1S/C16H13FNO3/c17-14-7-5-13(6-8-14)15(16(18)20)12-3-1-11(2-4-12)9-21-10-19/h1-8,15H,9H2,(H2,18,20). The van der Waals surface area contributed by atoms with Gasteiger partial charge in [0.25, 0.3) is 0 Å². The Kier molecular flexibility index (Phi) is 4.66. The molecule has 0 heterocycles. The molecule has 2 rings (SSSR count). The van der Waals surface area contributed by atoms with Crippen LogP contribution < -0.4 is 5.73 Å². The maximum atomic E-state index is 13.0. The molecule has 1 unspecified atom stereocenters.